The zero-order valence-electron chi connectivity index (χ0n) is 6.27. The Bertz CT molecular complexity index is 148. The van der Waals surface area contributed by atoms with Crippen LogP contribution in [-0.4, -0.2) is 19.1 Å². The normalized spacial score (nSPS) is 10.3. The summed E-state index contributed by atoms with van der Waals surface area (Å²) in [5, 5.41) is 0.108. The fourth-order valence-electron chi connectivity index (χ4n) is 0.410. The summed E-state index contributed by atoms with van der Waals surface area (Å²) in [6, 6.07) is 0. The lowest BCUT2D eigenvalue weighted by Gasteiger charge is -1.97. The van der Waals surface area contributed by atoms with Crippen molar-refractivity contribution >= 4 is 17.6 Å². The Morgan fingerprint density at radius 3 is 2.64 bits per heavy atom. The second kappa shape index (κ2) is 7.85. The van der Waals surface area contributed by atoms with Crippen LogP contribution in [0.5, 0.6) is 0 Å². The van der Waals surface area contributed by atoms with Gasteiger partial charge in [-0.1, -0.05) is 11.6 Å². The Morgan fingerprint density at radius 1 is 1.73 bits per heavy atom. The van der Waals surface area contributed by atoms with E-state index >= 15 is 0 Å². The van der Waals surface area contributed by atoms with Crippen molar-refractivity contribution in [3.05, 3.63) is 11.1 Å². The predicted molar refractivity (Wildman–Crippen MR) is 38.3 cm³/mol. The SMILES string of the molecule is CCOC(=O)C(Cl)=CC[NH3+].[Cl-]. The first-order valence-corrected chi connectivity index (χ1v) is 3.42. The maximum atomic E-state index is 10.7. The van der Waals surface area contributed by atoms with Crippen LogP contribution in [0.1, 0.15) is 6.92 Å². The van der Waals surface area contributed by atoms with Crippen LogP contribution in [0.4, 0.5) is 0 Å². The van der Waals surface area contributed by atoms with Gasteiger partial charge in [0, 0.05) is 0 Å². The lowest BCUT2D eigenvalue weighted by atomic mass is 10.5. The number of quaternary nitrogens is 1. The fraction of sp³-hybridized carbons (Fsp3) is 0.500. The molecule has 0 rings (SSSR count). The minimum absolute atomic E-state index is 0. The van der Waals surface area contributed by atoms with Gasteiger partial charge < -0.3 is 22.9 Å². The van der Waals surface area contributed by atoms with Gasteiger partial charge in [0.1, 0.15) is 5.03 Å². The van der Waals surface area contributed by atoms with Gasteiger partial charge in [-0.3, -0.25) is 0 Å². The molecule has 0 atom stereocenters. The van der Waals surface area contributed by atoms with Crippen molar-refractivity contribution in [3.63, 3.8) is 0 Å². The van der Waals surface area contributed by atoms with Gasteiger partial charge in [0.05, 0.1) is 13.2 Å². The maximum Gasteiger partial charge on any atom is 0.349 e. The van der Waals surface area contributed by atoms with Gasteiger partial charge in [0.25, 0.3) is 0 Å². The summed E-state index contributed by atoms with van der Waals surface area (Å²) < 4.78 is 4.59. The molecule has 0 aliphatic rings. The highest BCUT2D eigenvalue weighted by Gasteiger charge is 2.05. The van der Waals surface area contributed by atoms with Gasteiger partial charge >= 0.3 is 5.97 Å². The van der Waals surface area contributed by atoms with Gasteiger partial charge in [-0.25, -0.2) is 4.79 Å². The van der Waals surface area contributed by atoms with E-state index in [1.54, 1.807) is 6.92 Å². The Balaban J connectivity index is 0. The summed E-state index contributed by atoms with van der Waals surface area (Å²) in [7, 11) is 0. The smallest absolute Gasteiger partial charge is 0.349 e. The third-order valence-corrected chi connectivity index (χ3v) is 1.10. The van der Waals surface area contributed by atoms with E-state index in [0.29, 0.717) is 13.2 Å². The van der Waals surface area contributed by atoms with Gasteiger partial charge in [0.2, 0.25) is 0 Å². The second-order valence-electron chi connectivity index (χ2n) is 1.56. The molecule has 3 nitrogen and oxygen atoms in total. The molecule has 3 N–H and O–H groups in total. The van der Waals surface area contributed by atoms with E-state index < -0.39 is 5.97 Å². The monoisotopic (exact) mass is 199 g/mol. The Hall–Kier alpha value is -0.250. The molecule has 0 aromatic heterocycles. The van der Waals surface area contributed by atoms with Crippen molar-refractivity contribution in [2.75, 3.05) is 13.2 Å². The molecule has 0 aliphatic heterocycles. The number of hydrogen-bond donors (Lipinski definition) is 1. The number of carbonyl (C=O) groups excluding carboxylic acids is 1. The molecule has 11 heavy (non-hydrogen) atoms. The molecule has 0 aromatic rings. The first-order valence-electron chi connectivity index (χ1n) is 3.04. The molecule has 0 bridgehead atoms. The van der Waals surface area contributed by atoms with Crippen LogP contribution < -0.4 is 18.1 Å². The first-order chi connectivity index (χ1) is 4.72. The molecular formula is C6H11Cl2NO2. The van der Waals surface area contributed by atoms with Crippen LogP contribution in [0.2, 0.25) is 0 Å². The molecule has 0 fully saturated rings. The standard InChI is InChI=1S/C6H10ClNO2.ClH/c1-2-10-6(9)5(7)3-4-8;/h3H,2,4,8H2,1H3;1H. The Kier molecular flexibility index (Phi) is 9.53. The molecule has 0 spiro atoms. The highest BCUT2D eigenvalue weighted by atomic mass is 35.5. The van der Waals surface area contributed by atoms with Crippen molar-refractivity contribution in [1.29, 1.82) is 0 Å². The van der Waals surface area contributed by atoms with E-state index in [2.05, 4.69) is 10.5 Å². The molecule has 0 saturated heterocycles. The highest BCUT2D eigenvalue weighted by molar-refractivity contribution is 6.41. The molecule has 0 amide bonds. The Morgan fingerprint density at radius 2 is 2.27 bits per heavy atom. The number of rotatable bonds is 3. The summed E-state index contributed by atoms with van der Waals surface area (Å²) >= 11 is 5.46. The quantitative estimate of drug-likeness (QED) is 0.388. The van der Waals surface area contributed by atoms with E-state index in [9.17, 15) is 4.79 Å². The summed E-state index contributed by atoms with van der Waals surface area (Å²) in [5.74, 6) is -0.479. The zero-order chi connectivity index (χ0) is 7.98. The summed E-state index contributed by atoms with van der Waals surface area (Å²) in [4.78, 5) is 10.7. The second-order valence-corrected chi connectivity index (χ2v) is 1.97. The maximum absolute atomic E-state index is 10.7. The van der Waals surface area contributed by atoms with Crippen LogP contribution >= 0.6 is 11.6 Å². The number of halogens is 2. The number of ether oxygens (including phenoxy) is 1. The van der Waals surface area contributed by atoms with Gasteiger partial charge in [-0.15, -0.1) is 0 Å². The fourth-order valence-corrected chi connectivity index (χ4v) is 0.574. The van der Waals surface area contributed by atoms with E-state index in [4.69, 9.17) is 11.6 Å². The van der Waals surface area contributed by atoms with Crippen molar-refractivity contribution in [2.24, 2.45) is 0 Å². The number of esters is 1. The van der Waals surface area contributed by atoms with E-state index in [1.165, 1.54) is 6.08 Å². The van der Waals surface area contributed by atoms with Crippen LogP contribution in [0.25, 0.3) is 0 Å². The average molecular weight is 200 g/mol. The minimum Gasteiger partial charge on any atom is -1.00 e. The minimum atomic E-state index is -0.479. The largest absolute Gasteiger partial charge is 1.00 e. The highest BCUT2D eigenvalue weighted by Crippen LogP contribution is 2.01. The molecule has 0 aromatic carbocycles. The van der Waals surface area contributed by atoms with Gasteiger partial charge in [-0.2, -0.15) is 0 Å². The molecule has 0 unspecified atom stereocenters. The lowest BCUT2D eigenvalue weighted by molar-refractivity contribution is -0.352. The third kappa shape index (κ3) is 6.16. The summed E-state index contributed by atoms with van der Waals surface area (Å²) in [6.45, 7) is 2.57. The molecular weight excluding hydrogens is 189 g/mol. The third-order valence-electron chi connectivity index (χ3n) is 0.794. The first kappa shape index (κ1) is 13.3. The van der Waals surface area contributed by atoms with E-state index in [0.717, 1.165) is 0 Å². The number of hydrogen-bond acceptors (Lipinski definition) is 2. The topological polar surface area (TPSA) is 53.9 Å². The van der Waals surface area contributed by atoms with Gasteiger partial charge in [-0.05, 0) is 13.0 Å². The van der Waals surface area contributed by atoms with Crippen LogP contribution in [0.15, 0.2) is 11.1 Å². The molecule has 0 aliphatic carbocycles. The molecule has 66 valence electrons. The van der Waals surface area contributed by atoms with Crippen LogP contribution in [0, 0.1) is 0 Å². The summed E-state index contributed by atoms with van der Waals surface area (Å²) in [5.41, 5.74) is 3.50. The summed E-state index contributed by atoms with van der Waals surface area (Å²) in [6.07, 6.45) is 1.51. The Labute approximate surface area is 76.9 Å². The van der Waals surface area contributed by atoms with Crippen LogP contribution in [-0.2, 0) is 9.53 Å². The molecule has 0 radical (unpaired) electrons. The molecule has 5 heteroatoms. The lowest BCUT2D eigenvalue weighted by Crippen LogP contribution is -3.00. The van der Waals surface area contributed by atoms with Gasteiger partial charge in [0.15, 0.2) is 0 Å². The van der Waals surface area contributed by atoms with Crippen molar-refractivity contribution < 1.29 is 27.7 Å². The predicted octanol–water partition coefficient (Wildman–Crippen LogP) is -3.08. The van der Waals surface area contributed by atoms with Crippen LogP contribution in [0.3, 0.4) is 0 Å². The zero-order valence-corrected chi connectivity index (χ0v) is 7.78. The molecule has 0 heterocycles. The van der Waals surface area contributed by atoms with E-state index in [-0.39, 0.29) is 17.4 Å². The number of carbonyl (C=O) groups is 1. The average Bonchev–Trinajstić information content (AvgIpc) is 1.89. The van der Waals surface area contributed by atoms with Crippen molar-refractivity contribution in [3.8, 4) is 0 Å². The van der Waals surface area contributed by atoms with E-state index in [1.807, 2.05) is 0 Å². The molecule has 0 saturated carbocycles. The van der Waals surface area contributed by atoms with Crippen molar-refractivity contribution in [2.45, 2.75) is 6.92 Å². The van der Waals surface area contributed by atoms with Crippen molar-refractivity contribution in [1.82, 2.24) is 0 Å².